The van der Waals surface area contributed by atoms with E-state index in [2.05, 4.69) is 10.6 Å². The van der Waals surface area contributed by atoms with Crippen LogP contribution in [0.3, 0.4) is 0 Å². The zero-order chi connectivity index (χ0) is 14.7. The molecule has 0 radical (unpaired) electrons. The number of carbonyl (C=O) groups excluding carboxylic acids is 2. The Balaban J connectivity index is 1.96. The van der Waals surface area contributed by atoms with E-state index in [1.807, 2.05) is 0 Å². The zero-order valence-electron chi connectivity index (χ0n) is 11.3. The van der Waals surface area contributed by atoms with Crippen molar-refractivity contribution in [2.75, 3.05) is 19.8 Å². The van der Waals surface area contributed by atoms with Crippen LogP contribution in [0.25, 0.3) is 0 Å². The lowest BCUT2D eigenvalue weighted by Gasteiger charge is -2.34. The number of nitrogens with zero attached hydrogens (tertiary/aromatic N) is 1. The lowest BCUT2D eigenvalue weighted by atomic mass is 10.2. The van der Waals surface area contributed by atoms with E-state index in [4.69, 9.17) is 9.84 Å². The second kappa shape index (κ2) is 6.08. The number of hydrogen-bond donors (Lipinski definition) is 3. The lowest BCUT2D eigenvalue weighted by molar-refractivity contribution is -0.138. The highest BCUT2D eigenvalue weighted by Gasteiger charge is 2.36. The molecule has 0 bridgehead atoms. The first-order chi connectivity index (χ1) is 9.49. The van der Waals surface area contributed by atoms with Gasteiger partial charge in [-0.05, 0) is 19.8 Å². The number of ether oxygens (including phenoxy) is 1. The summed E-state index contributed by atoms with van der Waals surface area (Å²) in [6.07, 6.45) is 1.92. The van der Waals surface area contributed by atoms with Crippen molar-refractivity contribution in [3.63, 3.8) is 0 Å². The average molecular weight is 285 g/mol. The van der Waals surface area contributed by atoms with E-state index in [0.717, 1.165) is 12.8 Å². The number of nitrogens with one attached hydrogen (secondary N) is 2. The van der Waals surface area contributed by atoms with Crippen LogP contribution in [0, 0.1) is 0 Å². The van der Waals surface area contributed by atoms with Gasteiger partial charge in [0, 0.05) is 12.6 Å². The summed E-state index contributed by atoms with van der Waals surface area (Å²) in [5.41, 5.74) is 0. The third-order valence-corrected chi connectivity index (χ3v) is 3.33. The molecule has 8 heteroatoms. The van der Waals surface area contributed by atoms with E-state index < -0.39 is 24.1 Å². The Labute approximate surface area is 116 Å². The maximum Gasteiger partial charge on any atom is 0.325 e. The van der Waals surface area contributed by atoms with Gasteiger partial charge in [0.1, 0.15) is 12.1 Å². The summed E-state index contributed by atoms with van der Waals surface area (Å²) in [5.74, 6) is -1.36. The van der Waals surface area contributed by atoms with E-state index in [9.17, 15) is 14.4 Å². The molecular formula is C12H19N3O5. The summed E-state index contributed by atoms with van der Waals surface area (Å²) in [5, 5.41) is 14.0. The van der Waals surface area contributed by atoms with Crippen LogP contribution in [0.15, 0.2) is 0 Å². The zero-order valence-corrected chi connectivity index (χ0v) is 11.3. The highest BCUT2D eigenvalue weighted by molar-refractivity contribution is 5.89. The molecule has 0 aromatic rings. The predicted molar refractivity (Wildman–Crippen MR) is 68.1 cm³/mol. The van der Waals surface area contributed by atoms with Gasteiger partial charge in [-0.2, -0.15) is 0 Å². The van der Waals surface area contributed by atoms with Crippen molar-refractivity contribution in [3.05, 3.63) is 0 Å². The molecule has 3 amide bonds. The van der Waals surface area contributed by atoms with Gasteiger partial charge in [-0.3, -0.25) is 9.59 Å². The quantitative estimate of drug-likeness (QED) is 0.623. The molecular weight excluding hydrogens is 266 g/mol. The molecule has 3 N–H and O–H groups in total. The van der Waals surface area contributed by atoms with Gasteiger partial charge in [-0.1, -0.05) is 0 Å². The molecule has 2 rings (SSSR count). The molecule has 20 heavy (non-hydrogen) atoms. The Morgan fingerprint density at radius 3 is 2.65 bits per heavy atom. The standard InChI is InChI=1S/C12H19N3O5/c1-7(11(17)18)13-12(19)15-4-5-20-6-9(15)10(16)14-8-2-3-8/h7-9H,2-6H2,1H3,(H,13,19)(H,14,16)(H,17,18)/t7-,9?/m1/s1. The fraction of sp³-hybridized carbons (Fsp3) is 0.750. The molecule has 1 saturated heterocycles. The minimum absolute atomic E-state index is 0.132. The van der Waals surface area contributed by atoms with Gasteiger partial charge in [-0.15, -0.1) is 0 Å². The normalized spacial score (nSPS) is 23.9. The molecule has 112 valence electrons. The molecule has 0 aromatic carbocycles. The molecule has 8 nitrogen and oxygen atoms in total. The van der Waals surface area contributed by atoms with Crippen molar-refractivity contribution in [1.82, 2.24) is 15.5 Å². The maximum atomic E-state index is 12.1. The summed E-state index contributed by atoms with van der Waals surface area (Å²) in [6, 6.07) is -2.06. The minimum Gasteiger partial charge on any atom is -0.480 e. The second-order valence-corrected chi connectivity index (χ2v) is 5.08. The lowest BCUT2D eigenvalue weighted by Crippen LogP contribution is -2.59. The SMILES string of the molecule is C[C@@H](NC(=O)N1CCOCC1C(=O)NC1CC1)C(=O)O. The molecule has 1 heterocycles. The molecule has 1 aliphatic heterocycles. The number of urea groups is 1. The van der Waals surface area contributed by atoms with Gasteiger partial charge in [0.25, 0.3) is 0 Å². The van der Waals surface area contributed by atoms with Gasteiger partial charge in [-0.25, -0.2) is 4.79 Å². The number of carboxylic acids is 1. The number of morpholine rings is 1. The Kier molecular flexibility index (Phi) is 4.43. The first kappa shape index (κ1) is 14.6. The van der Waals surface area contributed by atoms with Gasteiger partial charge in [0.15, 0.2) is 0 Å². The maximum absolute atomic E-state index is 12.1. The molecule has 0 spiro atoms. The third-order valence-electron chi connectivity index (χ3n) is 3.33. The van der Waals surface area contributed by atoms with Crippen LogP contribution in [-0.4, -0.2) is 65.8 Å². The van der Waals surface area contributed by atoms with E-state index in [1.54, 1.807) is 0 Å². The number of amides is 3. The number of aliphatic carboxylic acids is 1. The molecule has 0 aromatic heterocycles. The third kappa shape index (κ3) is 3.60. The van der Waals surface area contributed by atoms with Crippen molar-refractivity contribution >= 4 is 17.9 Å². The number of carbonyl (C=O) groups is 3. The minimum atomic E-state index is -1.12. The van der Waals surface area contributed by atoms with E-state index >= 15 is 0 Å². The highest BCUT2D eigenvalue weighted by Crippen LogP contribution is 2.19. The Bertz CT molecular complexity index is 410. The van der Waals surface area contributed by atoms with Gasteiger partial charge in [0.05, 0.1) is 13.2 Å². The van der Waals surface area contributed by atoms with Gasteiger partial charge >= 0.3 is 12.0 Å². The summed E-state index contributed by atoms with van der Waals surface area (Å²) >= 11 is 0. The van der Waals surface area contributed by atoms with E-state index in [-0.39, 0.29) is 25.1 Å². The van der Waals surface area contributed by atoms with Crippen LogP contribution < -0.4 is 10.6 Å². The van der Waals surface area contributed by atoms with Crippen molar-refractivity contribution in [2.45, 2.75) is 37.9 Å². The molecule has 1 aliphatic carbocycles. The van der Waals surface area contributed by atoms with Crippen LogP contribution in [0.2, 0.25) is 0 Å². The average Bonchev–Trinajstić information content (AvgIpc) is 3.22. The van der Waals surface area contributed by atoms with Crippen LogP contribution in [-0.2, 0) is 14.3 Å². The van der Waals surface area contributed by atoms with Gasteiger partial charge in [0.2, 0.25) is 5.91 Å². The van der Waals surface area contributed by atoms with Gasteiger partial charge < -0.3 is 25.4 Å². The first-order valence-electron chi connectivity index (χ1n) is 6.67. The predicted octanol–water partition coefficient (Wildman–Crippen LogP) is -0.851. The first-order valence-corrected chi connectivity index (χ1v) is 6.67. The fourth-order valence-electron chi connectivity index (χ4n) is 1.92. The smallest absolute Gasteiger partial charge is 0.325 e. The van der Waals surface area contributed by atoms with Crippen molar-refractivity contribution in [2.24, 2.45) is 0 Å². The topological polar surface area (TPSA) is 108 Å². The van der Waals surface area contributed by atoms with Crippen molar-refractivity contribution in [1.29, 1.82) is 0 Å². The Hall–Kier alpha value is -1.83. The Morgan fingerprint density at radius 1 is 1.35 bits per heavy atom. The van der Waals surface area contributed by atoms with Crippen molar-refractivity contribution in [3.8, 4) is 0 Å². The molecule has 1 unspecified atom stereocenters. The highest BCUT2D eigenvalue weighted by atomic mass is 16.5. The molecule has 1 saturated carbocycles. The summed E-state index contributed by atoms with van der Waals surface area (Å²) in [6.45, 7) is 2.11. The summed E-state index contributed by atoms with van der Waals surface area (Å²) in [7, 11) is 0. The van der Waals surface area contributed by atoms with Crippen LogP contribution in [0.5, 0.6) is 0 Å². The summed E-state index contributed by atoms with van der Waals surface area (Å²) in [4.78, 5) is 36.2. The fourth-order valence-corrected chi connectivity index (χ4v) is 1.92. The van der Waals surface area contributed by atoms with E-state index in [1.165, 1.54) is 11.8 Å². The van der Waals surface area contributed by atoms with Crippen molar-refractivity contribution < 1.29 is 24.2 Å². The molecule has 2 aliphatic rings. The van der Waals surface area contributed by atoms with E-state index in [0.29, 0.717) is 6.61 Å². The number of hydrogen-bond acceptors (Lipinski definition) is 4. The van der Waals surface area contributed by atoms with Crippen LogP contribution >= 0.6 is 0 Å². The van der Waals surface area contributed by atoms with Crippen LogP contribution in [0.1, 0.15) is 19.8 Å². The second-order valence-electron chi connectivity index (χ2n) is 5.08. The largest absolute Gasteiger partial charge is 0.480 e. The monoisotopic (exact) mass is 285 g/mol. The number of carboxylic acid groups (broad SMARTS) is 1. The summed E-state index contributed by atoms with van der Waals surface area (Å²) < 4.78 is 5.24. The molecule has 2 atom stereocenters. The van der Waals surface area contributed by atoms with Crippen LogP contribution in [0.4, 0.5) is 4.79 Å². The number of rotatable bonds is 4. The molecule has 2 fully saturated rings. The Morgan fingerprint density at radius 2 is 2.05 bits per heavy atom.